The highest BCUT2D eigenvalue weighted by Gasteiger charge is 2.69. The average Bonchev–Trinajstić information content (AvgIpc) is 2.97. The topological polar surface area (TPSA) is 110 Å². The van der Waals surface area contributed by atoms with Crippen molar-refractivity contribution >= 4 is 17.9 Å². The Balaban J connectivity index is 1.67. The highest BCUT2D eigenvalue weighted by Crippen LogP contribution is 2.68. The molecule has 0 aliphatic heterocycles. The summed E-state index contributed by atoms with van der Waals surface area (Å²) in [5, 5.41) is 20.4. The zero-order valence-electron chi connectivity index (χ0n) is 18.0. The van der Waals surface area contributed by atoms with Crippen molar-refractivity contribution in [2.45, 2.75) is 77.4 Å². The lowest BCUT2D eigenvalue weighted by molar-refractivity contribution is -0.186. The van der Waals surface area contributed by atoms with Gasteiger partial charge < -0.3 is 19.7 Å². The fraction of sp³-hybridized carbons (Fsp3) is 0.783. The highest BCUT2D eigenvalue weighted by molar-refractivity contribution is 5.95. The summed E-state index contributed by atoms with van der Waals surface area (Å²) < 4.78 is 10.5. The lowest BCUT2D eigenvalue weighted by atomic mass is 9.46. The Kier molecular flexibility index (Phi) is 5.03. The van der Waals surface area contributed by atoms with Crippen LogP contribution in [0, 0.1) is 28.6 Å². The third kappa shape index (κ3) is 2.77. The Labute approximate surface area is 176 Å². The van der Waals surface area contributed by atoms with Crippen molar-refractivity contribution in [1.29, 1.82) is 0 Å². The van der Waals surface area contributed by atoms with Crippen LogP contribution >= 0.6 is 0 Å². The number of ether oxygens (including phenoxy) is 2. The smallest absolute Gasteiger partial charge is 0.478 e. The molecule has 3 fully saturated rings. The fourth-order valence-electron chi connectivity index (χ4n) is 7.47. The number of hydrogen-bond donors (Lipinski definition) is 2. The Hall–Kier alpha value is -1.89. The molecule has 7 heteroatoms. The van der Waals surface area contributed by atoms with Gasteiger partial charge >= 0.3 is 12.1 Å². The molecule has 1 unspecified atom stereocenters. The number of aliphatic hydroxyl groups excluding tert-OH is 1. The minimum Gasteiger partial charge on any atom is -0.478 e. The molecule has 2 N–H and O–H groups in total. The second-order valence-electron chi connectivity index (χ2n) is 10.0. The number of rotatable bonds is 3. The second kappa shape index (κ2) is 7.08. The van der Waals surface area contributed by atoms with E-state index in [0.717, 1.165) is 24.8 Å². The Morgan fingerprint density at radius 3 is 2.53 bits per heavy atom. The molecule has 3 saturated carbocycles. The molecule has 4 aliphatic carbocycles. The van der Waals surface area contributed by atoms with E-state index >= 15 is 0 Å². The van der Waals surface area contributed by atoms with E-state index in [0.29, 0.717) is 19.3 Å². The molecule has 0 heterocycles. The Morgan fingerprint density at radius 1 is 1.17 bits per heavy atom. The van der Waals surface area contributed by atoms with Gasteiger partial charge in [-0.1, -0.05) is 19.4 Å². The molecule has 0 aromatic carbocycles. The molecule has 166 valence electrons. The quantitative estimate of drug-likeness (QED) is 0.673. The van der Waals surface area contributed by atoms with Crippen LogP contribution in [0.15, 0.2) is 11.6 Å². The third-order valence-corrected chi connectivity index (χ3v) is 8.98. The maximum Gasteiger partial charge on any atom is 0.509 e. The number of carbonyl (C=O) groups excluding carboxylic acids is 2. The Morgan fingerprint density at radius 2 is 1.87 bits per heavy atom. The van der Waals surface area contributed by atoms with Crippen LogP contribution in [0.5, 0.6) is 0 Å². The summed E-state index contributed by atoms with van der Waals surface area (Å²) >= 11 is 0. The lowest BCUT2D eigenvalue weighted by Gasteiger charge is -2.59. The molecule has 7 nitrogen and oxygen atoms in total. The van der Waals surface area contributed by atoms with Crippen molar-refractivity contribution in [3.8, 4) is 0 Å². The average molecular weight is 421 g/mol. The van der Waals surface area contributed by atoms with Gasteiger partial charge in [0.25, 0.3) is 0 Å². The fourth-order valence-corrected chi connectivity index (χ4v) is 7.47. The van der Waals surface area contributed by atoms with Gasteiger partial charge in [-0.3, -0.25) is 4.79 Å². The van der Waals surface area contributed by atoms with Crippen LogP contribution in [0.4, 0.5) is 4.79 Å². The largest absolute Gasteiger partial charge is 0.509 e. The molecular formula is C23H32O7. The number of ketones is 1. The number of carboxylic acid groups (broad SMARTS) is 1. The van der Waals surface area contributed by atoms with E-state index in [2.05, 4.69) is 6.92 Å². The number of carbonyl (C=O) groups is 3. The summed E-state index contributed by atoms with van der Waals surface area (Å²) in [5.41, 5.74) is -1.36. The summed E-state index contributed by atoms with van der Waals surface area (Å²) in [7, 11) is 0. The minimum atomic E-state index is -1.58. The minimum absolute atomic E-state index is 0.106. The summed E-state index contributed by atoms with van der Waals surface area (Å²) in [6.45, 7) is 5.91. The molecule has 0 spiro atoms. The van der Waals surface area contributed by atoms with E-state index < -0.39 is 29.2 Å². The van der Waals surface area contributed by atoms with Gasteiger partial charge in [0.2, 0.25) is 5.60 Å². The summed E-state index contributed by atoms with van der Waals surface area (Å²) in [6.07, 6.45) is 4.27. The monoisotopic (exact) mass is 420 g/mol. The van der Waals surface area contributed by atoms with Crippen molar-refractivity contribution in [1.82, 2.24) is 0 Å². The standard InChI is InChI=1S/C23H32O7/c1-4-29-20(28)30-23(19(26)27)10-8-16-14-6-5-13-11-17(24)18(25)12-21(13,2)15(14)7-9-22(16,23)3/h11,14-16,18,25H,4-10,12H2,1-3H3,(H,26,27)/t14-,15+,16+,18?,21+,22+,23+/m1/s1. The van der Waals surface area contributed by atoms with Crippen LogP contribution in [0.1, 0.15) is 65.7 Å². The van der Waals surface area contributed by atoms with Gasteiger partial charge in [0, 0.05) is 5.41 Å². The number of hydrogen-bond acceptors (Lipinski definition) is 6. The molecule has 0 bridgehead atoms. The lowest BCUT2D eigenvalue weighted by Crippen LogP contribution is -2.59. The number of aliphatic hydroxyl groups is 1. The van der Waals surface area contributed by atoms with Crippen molar-refractivity contribution in [3.63, 3.8) is 0 Å². The van der Waals surface area contributed by atoms with Crippen molar-refractivity contribution in [2.75, 3.05) is 6.61 Å². The highest BCUT2D eigenvalue weighted by atomic mass is 16.7. The first kappa shape index (κ1) is 21.3. The van der Waals surface area contributed by atoms with Crippen LogP contribution in [-0.4, -0.2) is 46.4 Å². The summed E-state index contributed by atoms with van der Waals surface area (Å²) in [4.78, 5) is 36.6. The number of carboxylic acids is 1. The predicted molar refractivity (Wildman–Crippen MR) is 107 cm³/mol. The van der Waals surface area contributed by atoms with Crippen LogP contribution in [-0.2, 0) is 19.1 Å². The molecule has 0 saturated heterocycles. The van der Waals surface area contributed by atoms with E-state index in [1.165, 1.54) is 0 Å². The maximum absolute atomic E-state index is 12.4. The van der Waals surface area contributed by atoms with Gasteiger partial charge in [0.05, 0.1) is 6.61 Å². The van der Waals surface area contributed by atoms with Gasteiger partial charge in [-0.05, 0) is 81.1 Å². The molecule has 30 heavy (non-hydrogen) atoms. The number of allylic oxidation sites excluding steroid dienone is 1. The van der Waals surface area contributed by atoms with Crippen LogP contribution in [0.3, 0.4) is 0 Å². The first-order valence-electron chi connectivity index (χ1n) is 11.1. The normalized spacial score (nSPS) is 44.9. The molecule has 4 aliphatic rings. The number of aliphatic carboxylic acids is 1. The predicted octanol–water partition coefficient (Wildman–Crippen LogP) is 3.49. The van der Waals surface area contributed by atoms with E-state index in [1.54, 1.807) is 13.0 Å². The van der Waals surface area contributed by atoms with Crippen molar-refractivity contribution < 1.29 is 34.1 Å². The third-order valence-electron chi connectivity index (χ3n) is 8.98. The molecule has 7 atom stereocenters. The summed E-state index contributed by atoms with van der Waals surface area (Å²) in [5.74, 6) is -0.630. The van der Waals surface area contributed by atoms with Crippen molar-refractivity contribution in [3.05, 3.63) is 11.6 Å². The molecule has 0 amide bonds. The van der Waals surface area contributed by atoms with Gasteiger partial charge in [-0.15, -0.1) is 0 Å². The first-order chi connectivity index (χ1) is 14.1. The molecular weight excluding hydrogens is 388 g/mol. The zero-order valence-corrected chi connectivity index (χ0v) is 18.0. The van der Waals surface area contributed by atoms with Gasteiger partial charge in [0.1, 0.15) is 6.10 Å². The van der Waals surface area contributed by atoms with E-state index in [4.69, 9.17) is 9.47 Å². The van der Waals surface area contributed by atoms with Crippen molar-refractivity contribution in [2.24, 2.45) is 28.6 Å². The van der Waals surface area contributed by atoms with Crippen LogP contribution in [0.2, 0.25) is 0 Å². The first-order valence-corrected chi connectivity index (χ1v) is 11.1. The Bertz CT molecular complexity index is 803. The molecule has 4 rings (SSSR count). The van der Waals surface area contributed by atoms with Crippen LogP contribution < -0.4 is 0 Å². The SMILES string of the molecule is CCOC(=O)O[C@]1(C(=O)O)CC[C@H]2[C@@H]3CCC4=CC(=O)C(O)C[C@]4(C)[C@H]3CC[C@@]21C. The van der Waals surface area contributed by atoms with E-state index in [1.807, 2.05) is 6.92 Å². The molecule has 0 aromatic heterocycles. The zero-order chi connectivity index (χ0) is 21.9. The maximum atomic E-state index is 12.4. The van der Waals surface area contributed by atoms with E-state index in [-0.39, 0.29) is 42.0 Å². The van der Waals surface area contributed by atoms with Gasteiger partial charge in [0.15, 0.2) is 5.78 Å². The summed E-state index contributed by atoms with van der Waals surface area (Å²) in [6, 6.07) is 0. The van der Waals surface area contributed by atoms with Gasteiger partial charge in [-0.25, -0.2) is 9.59 Å². The van der Waals surface area contributed by atoms with Crippen LogP contribution in [0.25, 0.3) is 0 Å². The van der Waals surface area contributed by atoms with Gasteiger partial charge in [-0.2, -0.15) is 0 Å². The number of fused-ring (bicyclic) bond motifs is 5. The molecule has 0 aromatic rings. The van der Waals surface area contributed by atoms with E-state index in [9.17, 15) is 24.6 Å². The second-order valence-corrected chi connectivity index (χ2v) is 10.0. The molecule has 0 radical (unpaired) electrons.